The minimum absolute atomic E-state index is 0.0528. The zero-order valence-corrected chi connectivity index (χ0v) is 17.3. The first kappa shape index (κ1) is 23.4. The van der Waals surface area contributed by atoms with Gasteiger partial charge in [0.05, 0.1) is 0 Å². The smallest absolute Gasteiger partial charge is 0.245 e. The third-order valence-corrected chi connectivity index (χ3v) is 5.27. The molecule has 156 valence electrons. The van der Waals surface area contributed by atoms with E-state index in [9.17, 15) is 14.4 Å². The predicted molar refractivity (Wildman–Crippen MR) is 104 cm³/mol. The summed E-state index contributed by atoms with van der Waals surface area (Å²) in [6.45, 7) is 8.52. The van der Waals surface area contributed by atoms with E-state index in [-0.39, 0.29) is 30.2 Å². The number of nitrogens with one attached hydrogen (secondary N) is 2. The van der Waals surface area contributed by atoms with Crippen molar-refractivity contribution in [3.63, 3.8) is 0 Å². The Kier molecular flexibility index (Phi) is 10.4. The molecule has 1 fully saturated rings. The van der Waals surface area contributed by atoms with Crippen molar-refractivity contribution in [2.75, 3.05) is 6.54 Å². The molecule has 1 rings (SSSR count). The van der Waals surface area contributed by atoms with Crippen LogP contribution in [0.1, 0.15) is 79.1 Å². The van der Waals surface area contributed by atoms with E-state index in [0.29, 0.717) is 13.0 Å². The number of rotatable bonds is 4. The number of carbonyl (C=O) groups excluding carboxylic acids is 3. The summed E-state index contributed by atoms with van der Waals surface area (Å²) in [5.41, 5.74) is 1.61. The van der Waals surface area contributed by atoms with Gasteiger partial charge in [-0.05, 0) is 32.6 Å². The lowest BCUT2D eigenvalue weighted by Gasteiger charge is -2.33. The minimum Gasteiger partial charge on any atom is -0.344 e. The van der Waals surface area contributed by atoms with Crippen molar-refractivity contribution >= 4 is 17.7 Å². The normalized spacial score (nSPS) is 23.9. The number of amides is 3. The van der Waals surface area contributed by atoms with Gasteiger partial charge in [0, 0.05) is 24.9 Å². The van der Waals surface area contributed by atoms with E-state index in [1.165, 1.54) is 0 Å². The summed E-state index contributed by atoms with van der Waals surface area (Å²) in [7, 11) is 0. The molecule has 7 nitrogen and oxygen atoms in total. The molecule has 0 spiro atoms. The van der Waals surface area contributed by atoms with Crippen LogP contribution in [-0.2, 0) is 14.4 Å². The number of hydrogen-bond acceptors (Lipinski definition) is 4. The van der Waals surface area contributed by atoms with Crippen LogP contribution in [0.25, 0.3) is 0 Å². The van der Waals surface area contributed by atoms with Crippen LogP contribution in [0.15, 0.2) is 0 Å². The molecule has 27 heavy (non-hydrogen) atoms. The van der Waals surface area contributed by atoms with Crippen molar-refractivity contribution in [2.45, 2.75) is 91.1 Å². The number of carbonyl (C=O) groups is 3. The maximum atomic E-state index is 13.1. The van der Waals surface area contributed by atoms with Gasteiger partial charge in [0.15, 0.2) is 0 Å². The standard InChI is InChI=1S/C20H37N3O4/c1-14(2)18-20(26)23(15(3)4)12-10-8-6-5-7-9-11-16(19(25)21-18)13-17(24)22-27/h14-16,18,27H,5-13H2,1-4H3,(H,21,25)(H,22,24)/t16-,18+/m1/s1. The first-order valence-corrected chi connectivity index (χ1v) is 10.3. The Morgan fingerprint density at radius 2 is 1.70 bits per heavy atom. The van der Waals surface area contributed by atoms with Crippen LogP contribution < -0.4 is 10.8 Å². The van der Waals surface area contributed by atoms with Gasteiger partial charge in [-0.15, -0.1) is 0 Å². The monoisotopic (exact) mass is 383 g/mol. The molecule has 0 bridgehead atoms. The Balaban J connectivity index is 3.02. The lowest BCUT2D eigenvalue weighted by Crippen LogP contribution is -2.54. The SMILES string of the molecule is CC(C)[C@@H]1NC(=O)[C@@H](CC(=O)NO)CCCCCCCCN(C(C)C)C1=O. The summed E-state index contributed by atoms with van der Waals surface area (Å²) in [5, 5.41) is 11.7. The van der Waals surface area contributed by atoms with Crippen LogP contribution >= 0.6 is 0 Å². The minimum atomic E-state index is -0.609. The van der Waals surface area contributed by atoms with Crippen molar-refractivity contribution in [3.8, 4) is 0 Å². The molecule has 7 heteroatoms. The highest BCUT2D eigenvalue weighted by Crippen LogP contribution is 2.19. The highest BCUT2D eigenvalue weighted by molar-refractivity contribution is 5.90. The van der Waals surface area contributed by atoms with E-state index in [0.717, 1.165) is 38.5 Å². The third kappa shape index (κ3) is 7.87. The van der Waals surface area contributed by atoms with Gasteiger partial charge in [-0.1, -0.05) is 46.0 Å². The van der Waals surface area contributed by atoms with Gasteiger partial charge in [0.2, 0.25) is 17.7 Å². The van der Waals surface area contributed by atoms with Crippen LogP contribution in [0.3, 0.4) is 0 Å². The van der Waals surface area contributed by atoms with Gasteiger partial charge in [-0.2, -0.15) is 0 Å². The molecule has 0 aliphatic carbocycles. The highest BCUT2D eigenvalue weighted by atomic mass is 16.5. The molecule has 1 saturated heterocycles. The summed E-state index contributed by atoms with van der Waals surface area (Å²) >= 11 is 0. The Labute approximate surface area is 163 Å². The van der Waals surface area contributed by atoms with Gasteiger partial charge < -0.3 is 10.2 Å². The molecule has 0 saturated carbocycles. The molecule has 0 aromatic heterocycles. The van der Waals surface area contributed by atoms with E-state index in [1.807, 2.05) is 32.6 Å². The van der Waals surface area contributed by atoms with Crippen molar-refractivity contribution in [2.24, 2.45) is 11.8 Å². The second-order valence-corrected chi connectivity index (χ2v) is 8.20. The fourth-order valence-corrected chi connectivity index (χ4v) is 3.56. The lowest BCUT2D eigenvalue weighted by atomic mass is 9.93. The second-order valence-electron chi connectivity index (χ2n) is 8.20. The molecule has 3 N–H and O–H groups in total. The molecule has 0 unspecified atom stereocenters. The third-order valence-electron chi connectivity index (χ3n) is 5.27. The van der Waals surface area contributed by atoms with Crippen LogP contribution in [0.4, 0.5) is 0 Å². The topological polar surface area (TPSA) is 98.7 Å². The molecule has 1 aliphatic rings. The molecule has 3 amide bonds. The Morgan fingerprint density at radius 3 is 2.26 bits per heavy atom. The van der Waals surface area contributed by atoms with Gasteiger partial charge in [0.25, 0.3) is 0 Å². The second kappa shape index (κ2) is 12.0. The zero-order chi connectivity index (χ0) is 20.4. The Hall–Kier alpha value is -1.63. The van der Waals surface area contributed by atoms with E-state index in [2.05, 4.69) is 5.32 Å². The Morgan fingerprint density at radius 1 is 1.11 bits per heavy atom. The van der Waals surface area contributed by atoms with E-state index in [4.69, 9.17) is 5.21 Å². The van der Waals surface area contributed by atoms with Crippen molar-refractivity contribution in [1.29, 1.82) is 0 Å². The number of nitrogens with zero attached hydrogens (tertiary/aromatic N) is 1. The van der Waals surface area contributed by atoms with Crippen molar-refractivity contribution < 1.29 is 19.6 Å². The summed E-state index contributed by atoms with van der Waals surface area (Å²) in [6.07, 6.45) is 6.64. The van der Waals surface area contributed by atoms with Gasteiger partial charge >= 0.3 is 0 Å². The average Bonchev–Trinajstić information content (AvgIpc) is 2.61. The molecule has 1 heterocycles. The van der Waals surface area contributed by atoms with Crippen LogP contribution in [0.2, 0.25) is 0 Å². The fourth-order valence-electron chi connectivity index (χ4n) is 3.56. The molecule has 0 radical (unpaired) electrons. The van der Waals surface area contributed by atoms with Gasteiger partial charge in [0.1, 0.15) is 6.04 Å². The van der Waals surface area contributed by atoms with Gasteiger partial charge in [-0.25, -0.2) is 5.48 Å². The number of hydrogen-bond donors (Lipinski definition) is 3. The average molecular weight is 384 g/mol. The summed E-state index contributed by atoms with van der Waals surface area (Å²) < 4.78 is 0. The first-order valence-electron chi connectivity index (χ1n) is 10.3. The first-order chi connectivity index (χ1) is 12.8. The zero-order valence-electron chi connectivity index (χ0n) is 17.3. The maximum Gasteiger partial charge on any atom is 0.245 e. The quantitative estimate of drug-likeness (QED) is 0.513. The van der Waals surface area contributed by atoms with Gasteiger partial charge in [-0.3, -0.25) is 19.6 Å². The summed E-state index contributed by atoms with van der Waals surface area (Å²) in [4.78, 5) is 39.4. The van der Waals surface area contributed by atoms with Crippen molar-refractivity contribution in [3.05, 3.63) is 0 Å². The largest absolute Gasteiger partial charge is 0.344 e. The molecular formula is C20H37N3O4. The highest BCUT2D eigenvalue weighted by Gasteiger charge is 2.32. The van der Waals surface area contributed by atoms with E-state index in [1.54, 1.807) is 5.48 Å². The molecule has 0 aromatic rings. The van der Waals surface area contributed by atoms with E-state index >= 15 is 0 Å². The lowest BCUT2D eigenvalue weighted by molar-refractivity contribution is -0.141. The van der Waals surface area contributed by atoms with Crippen LogP contribution in [0, 0.1) is 11.8 Å². The molecule has 2 atom stereocenters. The maximum absolute atomic E-state index is 13.1. The Bertz CT molecular complexity index is 494. The van der Waals surface area contributed by atoms with Crippen LogP contribution in [-0.4, -0.2) is 46.5 Å². The summed E-state index contributed by atoms with van der Waals surface area (Å²) in [6, 6.07) is -0.540. The molecule has 1 aliphatic heterocycles. The molecule has 0 aromatic carbocycles. The van der Waals surface area contributed by atoms with Crippen LogP contribution in [0.5, 0.6) is 0 Å². The molecular weight excluding hydrogens is 346 g/mol. The fraction of sp³-hybridized carbons (Fsp3) is 0.850. The predicted octanol–water partition coefficient (Wildman–Crippen LogP) is 2.62. The number of hydroxylamine groups is 1. The summed E-state index contributed by atoms with van der Waals surface area (Å²) in [5.74, 6) is -1.51. The van der Waals surface area contributed by atoms with E-state index < -0.39 is 17.9 Å². The van der Waals surface area contributed by atoms with Crippen molar-refractivity contribution in [1.82, 2.24) is 15.7 Å².